The second kappa shape index (κ2) is 9.62. The lowest BCUT2D eigenvalue weighted by molar-refractivity contribution is 1.01. The van der Waals surface area contributed by atoms with Crippen LogP contribution in [-0.4, -0.2) is 19.1 Å². The van der Waals surface area contributed by atoms with Crippen molar-refractivity contribution in [3.05, 3.63) is 158 Å². The van der Waals surface area contributed by atoms with E-state index in [1.807, 2.05) is 6.07 Å². The normalized spacial score (nSPS) is 11.9. The number of hydrogen-bond donors (Lipinski definition) is 0. The van der Waals surface area contributed by atoms with E-state index in [4.69, 9.17) is 9.97 Å². The van der Waals surface area contributed by atoms with E-state index in [0.29, 0.717) is 5.95 Å². The van der Waals surface area contributed by atoms with Crippen LogP contribution < -0.4 is 0 Å². The first-order valence-electron chi connectivity index (χ1n) is 15.6. The maximum Gasteiger partial charge on any atom is 0.235 e. The van der Waals surface area contributed by atoms with Crippen molar-refractivity contribution in [1.82, 2.24) is 19.1 Å². The highest BCUT2D eigenvalue weighted by molar-refractivity contribution is 6.24. The van der Waals surface area contributed by atoms with Crippen LogP contribution in [0.3, 0.4) is 0 Å². The Balaban J connectivity index is 1.43. The van der Waals surface area contributed by atoms with E-state index >= 15 is 0 Å². The Labute approximate surface area is 264 Å². The highest BCUT2D eigenvalue weighted by Gasteiger charge is 2.23. The maximum absolute atomic E-state index is 5.37. The van der Waals surface area contributed by atoms with Gasteiger partial charge in [-0.05, 0) is 29.7 Å². The minimum absolute atomic E-state index is 0.658. The third-order valence-electron chi connectivity index (χ3n) is 9.31. The van der Waals surface area contributed by atoms with Crippen molar-refractivity contribution in [3.8, 4) is 22.9 Å². The number of benzene rings is 7. The molecule has 7 aromatic carbocycles. The molecule has 3 heterocycles. The molecule has 214 valence electrons. The van der Waals surface area contributed by atoms with E-state index < -0.39 is 0 Å². The van der Waals surface area contributed by atoms with Gasteiger partial charge in [-0.25, -0.2) is 9.97 Å². The van der Waals surface area contributed by atoms with Gasteiger partial charge in [0.1, 0.15) is 0 Å². The summed E-state index contributed by atoms with van der Waals surface area (Å²) < 4.78 is 4.73. The standard InChI is InChI=1S/C42H26N4/c1-2-14-28(15-3-1)39-34-20-6-9-21-35(34)43-42(44-39)46-38-23-11-8-19-31(38)33-26-25-32-30-18-7-10-22-37(30)45(40(32)41(33)46)36-24-12-16-27-13-4-5-17-29(27)36/h1-26H. The van der Waals surface area contributed by atoms with Crippen molar-refractivity contribution >= 4 is 65.3 Å². The van der Waals surface area contributed by atoms with E-state index in [1.54, 1.807) is 0 Å². The number of fused-ring (bicyclic) bond motifs is 9. The first kappa shape index (κ1) is 25.1. The van der Waals surface area contributed by atoms with Crippen molar-refractivity contribution < 1.29 is 0 Å². The van der Waals surface area contributed by atoms with Gasteiger partial charge in [-0.1, -0.05) is 133 Å². The summed E-state index contributed by atoms with van der Waals surface area (Å²) >= 11 is 0. The predicted molar refractivity (Wildman–Crippen MR) is 191 cm³/mol. The maximum atomic E-state index is 5.37. The molecule has 0 amide bonds. The lowest BCUT2D eigenvalue weighted by Gasteiger charge is -2.15. The Morgan fingerprint density at radius 2 is 0.935 bits per heavy atom. The van der Waals surface area contributed by atoms with Crippen molar-refractivity contribution in [1.29, 1.82) is 0 Å². The van der Waals surface area contributed by atoms with Crippen molar-refractivity contribution in [2.45, 2.75) is 0 Å². The summed E-state index contributed by atoms with van der Waals surface area (Å²) in [5.41, 5.74) is 8.54. The Bertz CT molecular complexity index is 2800. The molecule has 0 aliphatic carbocycles. The minimum Gasteiger partial charge on any atom is -0.307 e. The monoisotopic (exact) mass is 586 g/mol. The Morgan fingerprint density at radius 1 is 0.370 bits per heavy atom. The number of aromatic nitrogens is 4. The van der Waals surface area contributed by atoms with Gasteiger partial charge in [0.2, 0.25) is 5.95 Å². The van der Waals surface area contributed by atoms with Gasteiger partial charge >= 0.3 is 0 Å². The quantitative estimate of drug-likeness (QED) is 0.206. The fourth-order valence-corrected chi connectivity index (χ4v) is 7.34. The summed E-state index contributed by atoms with van der Waals surface area (Å²) in [4.78, 5) is 10.6. The number of hydrogen-bond acceptors (Lipinski definition) is 2. The zero-order valence-electron chi connectivity index (χ0n) is 24.8. The third-order valence-corrected chi connectivity index (χ3v) is 9.31. The van der Waals surface area contributed by atoms with Crippen LogP contribution in [0.2, 0.25) is 0 Å². The second-order valence-corrected chi connectivity index (χ2v) is 11.8. The minimum atomic E-state index is 0.658. The second-order valence-electron chi connectivity index (χ2n) is 11.8. The van der Waals surface area contributed by atoms with Gasteiger partial charge in [0.15, 0.2) is 0 Å². The molecule has 10 aromatic rings. The molecule has 0 unspecified atom stereocenters. The predicted octanol–water partition coefficient (Wildman–Crippen LogP) is 10.6. The Hall–Kier alpha value is -6.26. The molecule has 0 fully saturated rings. The molecule has 0 aliphatic heterocycles. The molecule has 0 saturated heterocycles. The smallest absolute Gasteiger partial charge is 0.235 e. The lowest BCUT2D eigenvalue weighted by Crippen LogP contribution is -2.05. The molecular weight excluding hydrogens is 560 g/mol. The summed E-state index contributed by atoms with van der Waals surface area (Å²) in [7, 11) is 0. The molecule has 0 radical (unpaired) electrons. The number of rotatable bonds is 3. The van der Waals surface area contributed by atoms with Crippen LogP contribution in [0.4, 0.5) is 0 Å². The summed E-state index contributed by atoms with van der Waals surface area (Å²) in [6.45, 7) is 0. The number of para-hydroxylation sites is 3. The van der Waals surface area contributed by atoms with E-state index in [0.717, 1.165) is 44.4 Å². The lowest BCUT2D eigenvalue weighted by atomic mass is 10.1. The van der Waals surface area contributed by atoms with Crippen LogP contribution in [0.1, 0.15) is 0 Å². The van der Waals surface area contributed by atoms with Crippen LogP contribution >= 0.6 is 0 Å². The van der Waals surface area contributed by atoms with Crippen LogP contribution in [0.5, 0.6) is 0 Å². The highest BCUT2D eigenvalue weighted by atomic mass is 15.2. The topological polar surface area (TPSA) is 35.6 Å². The average Bonchev–Trinajstić information content (AvgIpc) is 3.64. The molecule has 3 aromatic heterocycles. The summed E-state index contributed by atoms with van der Waals surface area (Å²) in [6.07, 6.45) is 0. The zero-order valence-corrected chi connectivity index (χ0v) is 24.8. The molecule has 0 saturated carbocycles. The van der Waals surface area contributed by atoms with Crippen LogP contribution in [0.25, 0.3) is 88.2 Å². The van der Waals surface area contributed by atoms with Crippen LogP contribution in [-0.2, 0) is 0 Å². The fourth-order valence-electron chi connectivity index (χ4n) is 7.34. The molecule has 46 heavy (non-hydrogen) atoms. The first-order chi connectivity index (χ1) is 22.8. The molecule has 4 heteroatoms. The van der Waals surface area contributed by atoms with Gasteiger partial charge < -0.3 is 4.57 Å². The van der Waals surface area contributed by atoms with Crippen molar-refractivity contribution in [3.63, 3.8) is 0 Å². The van der Waals surface area contributed by atoms with Crippen molar-refractivity contribution in [2.75, 3.05) is 0 Å². The Morgan fingerprint density at radius 3 is 1.70 bits per heavy atom. The highest BCUT2D eigenvalue weighted by Crippen LogP contribution is 2.42. The van der Waals surface area contributed by atoms with E-state index in [2.05, 4.69) is 161 Å². The molecular formula is C42H26N4. The molecule has 0 bridgehead atoms. The Kier molecular flexibility index (Phi) is 5.25. The largest absolute Gasteiger partial charge is 0.307 e. The molecule has 0 atom stereocenters. The molecule has 10 rings (SSSR count). The number of nitrogens with zero attached hydrogens (tertiary/aromatic N) is 4. The van der Waals surface area contributed by atoms with E-state index in [-0.39, 0.29) is 0 Å². The van der Waals surface area contributed by atoms with E-state index in [1.165, 1.54) is 37.8 Å². The molecule has 0 aliphatic rings. The fraction of sp³-hybridized carbons (Fsp3) is 0. The third kappa shape index (κ3) is 3.49. The summed E-state index contributed by atoms with van der Waals surface area (Å²) in [5, 5.41) is 8.22. The summed E-state index contributed by atoms with van der Waals surface area (Å²) in [5.74, 6) is 0.658. The summed E-state index contributed by atoms with van der Waals surface area (Å²) in [6, 6.07) is 55.9. The van der Waals surface area contributed by atoms with Gasteiger partial charge in [0.25, 0.3) is 0 Å². The molecule has 0 spiro atoms. The van der Waals surface area contributed by atoms with Gasteiger partial charge in [0.05, 0.1) is 39.0 Å². The van der Waals surface area contributed by atoms with E-state index in [9.17, 15) is 0 Å². The van der Waals surface area contributed by atoms with Gasteiger partial charge in [-0.15, -0.1) is 0 Å². The van der Waals surface area contributed by atoms with Crippen molar-refractivity contribution in [2.24, 2.45) is 0 Å². The van der Waals surface area contributed by atoms with Crippen LogP contribution in [0, 0.1) is 0 Å². The molecule has 4 nitrogen and oxygen atoms in total. The SMILES string of the molecule is c1ccc(-c2nc(-n3c4ccccc4c4ccc5c6ccccc6n(-c6cccc7ccccc67)c5c43)nc3ccccc23)cc1. The molecule has 0 N–H and O–H groups in total. The average molecular weight is 587 g/mol. The van der Waals surface area contributed by atoms with Gasteiger partial charge in [0, 0.05) is 37.9 Å². The van der Waals surface area contributed by atoms with Gasteiger partial charge in [-0.3, -0.25) is 4.57 Å². The van der Waals surface area contributed by atoms with Gasteiger partial charge in [-0.2, -0.15) is 0 Å². The first-order valence-corrected chi connectivity index (χ1v) is 15.6. The zero-order chi connectivity index (χ0) is 30.2. The van der Waals surface area contributed by atoms with Crippen LogP contribution in [0.15, 0.2) is 158 Å².